The van der Waals surface area contributed by atoms with Crippen LogP contribution in [0, 0.1) is 3.57 Å². The zero-order chi connectivity index (χ0) is 11.5. The van der Waals surface area contributed by atoms with E-state index in [0.717, 1.165) is 13.7 Å². The number of alkyl halides is 2. The summed E-state index contributed by atoms with van der Waals surface area (Å²) in [5, 5.41) is 1.47. The third-order valence-electron chi connectivity index (χ3n) is 2.90. The zero-order valence-electron chi connectivity index (χ0n) is 8.14. The highest BCUT2D eigenvalue weighted by molar-refractivity contribution is 14.1. The summed E-state index contributed by atoms with van der Waals surface area (Å²) in [4.78, 5) is 0. The lowest BCUT2D eigenvalue weighted by molar-refractivity contribution is 0.112. The van der Waals surface area contributed by atoms with Gasteiger partial charge in [0.25, 0.3) is 5.92 Å². The average Bonchev–Trinajstić information content (AvgIpc) is 2.67. The molecule has 1 unspecified atom stereocenters. The molecule has 1 aliphatic rings. The van der Waals surface area contributed by atoms with E-state index in [2.05, 4.69) is 22.6 Å². The van der Waals surface area contributed by atoms with Gasteiger partial charge in [0.15, 0.2) is 0 Å². The highest BCUT2D eigenvalue weighted by Gasteiger charge is 2.59. The molecule has 0 saturated heterocycles. The van der Waals surface area contributed by atoms with Crippen molar-refractivity contribution >= 4 is 49.0 Å². The van der Waals surface area contributed by atoms with Crippen LogP contribution in [0.2, 0.25) is 0 Å². The molecule has 1 atom stereocenters. The molecule has 1 nitrogen and oxygen atoms in total. The Kier molecular flexibility index (Phi) is 2.20. The molecule has 1 aromatic heterocycles. The standard InChI is InChI=1S/C11H8F2INS/c12-11(13)4-5(11)8-9-6(14)2-1-3-7(9)16-10(8)15/h1-3,5H,4,15H2. The molecule has 0 amide bonds. The van der Waals surface area contributed by atoms with E-state index in [4.69, 9.17) is 5.73 Å². The Morgan fingerprint density at radius 3 is 2.75 bits per heavy atom. The fourth-order valence-corrected chi connectivity index (χ4v) is 4.05. The number of anilines is 1. The second-order valence-corrected chi connectivity index (χ2v) is 6.26. The topological polar surface area (TPSA) is 26.0 Å². The van der Waals surface area contributed by atoms with E-state index >= 15 is 0 Å². The summed E-state index contributed by atoms with van der Waals surface area (Å²) in [6.45, 7) is 0. The fourth-order valence-electron chi connectivity index (χ4n) is 2.02. The summed E-state index contributed by atoms with van der Waals surface area (Å²) in [5.41, 5.74) is 6.53. The van der Waals surface area contributed by atoms with Crippen molar-refractivity contribution in [3.05, 3.63) is 27.3 Å². The lowest BCUT2D eigenvalue weighted by atomic mass is 10.1. The van der Waals surface area contributed by atoms with E-state index < -0.39 is 11.8 Å². The van der Waals surface area contributed by atoms with Gasteiger partial charge in [0, 0.05) is 25.6 Å². The molecule has 0 bridgehead atoms. The largest absolute Gasteiger partial charge is 0.390 e. The van der Waals surface area contributed by atoms with Gasteiger partial charge in [-0.15, -0.1) is 11.3 Å². The van der Waals surface area contributed by atoms with Gasteiger partial charge in [-0.2, -0.15) is 0 Å². The number of nitrogen functional groups attached to an aromatic ring is 1. The molecule has 1 aliphatic carbocycles. The predicted octanol–water partition coefficient (Wildman–Crippen LogP) is 4.21. The minimum atomic E-state index is -2.55. The van der Waals surface area contributed by atoms with Crippen molar-refractivity contribution in [3.8, 4) is 0 Å². The van der Waals surface area contributed by atoms with Gasteiger partial charge in [-0.25, -0.2) is 8.78 Å². The third kappa shape index (κ3) is 1.44. The first-order valence-corrected chi connectivity index (χ1v) is 6.74. The first-order chi connectivity index (χ1) is 7.50. The molecule has 2 aromatic rings. The smallest absolute Gasteiger partial charge is 0.256 e. The van der Waals surface area contributed by atoms with Crippen molar-refractivity contribution in [1.82, 2.24) is 0 Å². The van der Waals surface area contributed by atoms with Crippen LogP contribution in [0.4, 0.5) is 13.8 Å². The lowest BCUT2D eigenvalue weighted by Gasteiger charge is -2.01. The van der Waals surface area contributed by atoms with Crippen molar-refractivity contribution < 1.29 is 8.78 Å². The van der Waals surface area contributed by atoms with Gasteiger partial charge in [0.05, 0.1) is 10.9 Å². The Morgan fingerprint density at radius 2 is 2.12 bits per heavy atom. The van der Waals surface area contributed by atoms with E-state index in [0.29, 0.717) is 10.6 Å². The maximum atomic E-state index is 13.1. The second-order valence-electron chi connectivity index (χ2n) is 4.01. The molecule has 84 valence electrons. The molecule has 0 radical (unpaired) electrons. The molecule has 1 saturated carbocycles. The summed E-state index contributed by atoms with van der Waals surface area (Å²) in [5.74, 6) is -3.22. The van der Waals surface area contributed by atoms with Crippen LogP contribution in [0.3, 0.4) is 0 Å². The van der Waals surface area contributed by atoms with Crippen LogP contribution in [0.1, 0.15) is 17.9 Å². The van der Waals surface area contributed by atoms with Crippen LogP contribution in [-0.2, 0) is 0 Å². The average molecular weight is 351 g/mol. The van der Waals surface area contributed by atoms with Crippen molar-refractivity contribution in [2.24, 2.45) is 0 Å². The molecule has 16 heavy (non-hydrogen) atoms. The molecule has 2 N–H and O–H groups in total. The molecule has 1 aromatic carbocycles. The summed E-state index contributed by atoms with van der Waals surface area (Å²) in [6.07, 6.45) is -0.0615. The Balaban J connectivity index is 2.28. The van der Waals surface area contributed by atoms with Gasteiger partial charge in [-0.05, 0) is 34.7 Å². The van der Waals surface area contributed by atoms with Crippen LogP contribution in [-0.4, -0.2) is 5.92 Å². The number of thiophene rings is 1. The minimum Gasteiger partial charge on any atom is -0.390 e. The maximum Gasteiger partial charge on any atom is 0.256 e. The number of benzene rings is 1. The molecule has 1 fully saturated rings. The number of hydrogen-bond acceptors (Lipinski definition) is 2. The first-order valence-electron chi connectivity index (χ1n) is 4.85. The van der Waals surface area contributed by atoms with E-state index in [1.165, 1.54) is 11.3 Å². The van der Waals surface area contributed by atoms with E-state index in [1.807, 2.05) is 18.2 Å². The number of fused-ring (bicyclic) bond motifs is 1. The van der Waals surface area contributed by atoms with Gasteiger partial charge < -0.3 is 5.73 Å². The maximum absolute atomic E-state index is 13.1. The SMILES string of the molecule is Nc1sc2cccc(I)c2c1C1CC1(F)F. The molecule has 5 heteroatoms. The molecular formula is C11H8F2INS. The Morgan fingerprint density at radius 1 is 1.44 bits per heavy atom. The summed E-state index contributed by atoms with van der Waals surface area (Å²) in [6, 6.07) is 5.79. The van der Waals surface area contributed by atoms with Crippen molar-refractivity contribution in [2.75, 3.05) is 5.73 Å². The number of hydrogen-bond donors (Lipinski definition) is 1. The van der Waals surface area contributed by atoms with Crippen LogP contribution in [0.5, 0.6) is 0 Å². The van der Waals surface area contributed by atoms with Gasteiger partial charge in [-0.1, -0.05) is 6.07 Å². The van der Waals surface area contributed by atoms with Gasteiger partial charge in [-0.3, -0.25) is 0 Å². The Labute approximate surface area is 109 Å². The van der Waals surface area contributed by atoms with Gasteiger partial charge in [0.2, 0.25) is 0 Å². The van der Waals surface area contributed by atoms with Crippen LogP contribution < -0.4 is 5.73 Å². The van der Waals surface area contributed by atoms with Crippen molar-refractivity contribution in [2.45, 2.75) is 18.3 Å². The number of rotatable bonds is 1. The van der Waals surface area contributed by atoms with E-state index in [9.17, 15) is 8.78 Å². The first kappa shape index (κ1) is 10.7. The Hall–Kier alpha value is -0.430. The molecule has 0 aliphatic heterocycles. The summed E-state index contributed by atoms with van der Waals surface area (Å²) < 4.78 is 28.3. The normalized spacial score (nSPS) is 22.6. The quantitative estimate of drug-likeness (QED) is 0.766. The summed E-state index contributed by atoms with van der Waals surface area (Å²) in [7, 11) is 0. The van der Waals surface area contributed by atoms with Crippen LogP contribution >= 0.6 is 33.9 Å². The van der Waals surface area contributed by atoms with Crippen LogP contribution in [0.15, 0.2) is 18.2 Å². The fraction of sp³-hybridized carbons (Fsp3) is 0.273. The predicted molar refractivity (Wildman–Crippen MR) is 71.3 cm³/mol. The monoisotopic (exact) mass is 351 g/mol. The number of halogens is 3. The van der Waals surface area contributed by atoms with Crippen molar-refractivity contribution in [3.63, 3.8) is 0 Å². The molecular weight excluding hydrogens is 343 g/mol. The molecule has 0 spiro atoms. The third-order valence-corrected chi connectivity index (χ3v) is 4.80. The zero-order valence-corrected chi connectivity index (χ0v) is 11.1. The van der Waals surface area contributed by atoms with Crippen molar-refractivity contribution in [1.29, 1.82) is 0 Å². The van der Waals surface area contributed by atoms with E-state index in [-0.39, 0.29) is 6.42 Å². The van der Waals surface area contributed by atoms with Gasteiger partial charge in [0.1, 0.15) is 0 Å². The number of nitrogens with two attached hydrogens (primary N) is 1. The highest BCUT2D eigenvalue weighted by atomic mass is 127. The molecule has 1 heterocycles. The van der Waals surface area contributed by atoms with E-state index in [1.54, 1.807) is 0 Å². The molecule has 3 rings (SSSR count). The second kappa shape index (κ2) is 3.29. The highest BCUT2D eigenvalue weighted by Crippen LogP contribution is 2.60. The Bertz CT molecular complexity index is 579. The summed E-state index contributed by atoms with van der Waals surface area (Å²) >= 11 is 3.58. The lowest BCUT2D eigenvalue weighted by Crippen LogP contribution is -1.95. The minimum absolute atomic E-state index is 0.0615. The van der Waals surface area contributed by atoms with Crippen LogP contribution in [0.25, 0.3) is 10.1 Å². The van der Waals surface area contributed by atoms with Gasteiger partial charge >= 0.3 is 0 Å².